The Morgan fingerprint density at radius 2 is 1.73 bits per heavy atom. The second kappa shape index (κ2) is 9.53. The van der Waals surface area contributed by atoms with Crippen LogP contribution in [0.1, 0.15) is 34.8 Å². The molecule has 1 unspecified atom stereocenters. The number of anilines is 2. The van der Waals surface area contributed by atoms with Gasteiger partial charge in [-0.3, -0.25) is 9.59 Å². The fourth-order valence-corrected chi connectivity index (χ4v) is 4.72. The molecule has 1 aliphatic carbocycles. The zero-order valence-electron chi connectivity index (χ0n) is 19.2. The number of nitrogens with one attached hydrogen (secondary N) is 1. The summed E-state index contributed by atoms with van der Waals surface area (Å²) in [6, 6.07) is 16.0. The molecule has 174 valence electrons. The van der Waals surface area contributed by atoms with E-state index in [0.717, 1.165) is 56.0 Å². The van der Waals surface area contributed by atoms with Crippen molar-refractivity contribution in [2.24, 2.45) is 5.92 Å². The summed E-state index contributed by atoms with van der Waals surface area (Å²) in [7, 11) is 2.11. The molecular weight excluding hydrogens is 416 g/mol. The first kappa shape index (κ1) is 21.9. The van der Waals surface area contributed by atoms with E-state index in [1.165, 1.54) is 0 Å². The maximum absolute atomic E-state index is 14.0. The number of likely N-dealkylation sites (N-methyl/N-ethyl adjacent to an activating group) is 1. The number of piperazine rings is 1. The van der Waals surface area contributed by atoms with Crippen molar-refractivity contribution in [1.29, 1.82) is 0 Å². The molecule has 5 rings (SSSR count). The van der Waals surface area contributed by atoms with E-state index in [9.17, 15) is 9.59 Å². The summed E-state index contributed by atoms with van der Waals surface area (Å²) in [6.07, 6.45) is 1.92. The lowest BCUT2D eigenvalue weighted by Gasteiger charge is -2.41. The third-order valence-electron chi connectivity index (χ3n) is 6.82. The quantitative estimate of drug-likeness (QED) is 0.762. The number of morpholine rings is 1. The molecule has 2 amide bonds. The zero-order valence-corrected chi connectivity index (χ0v) is 19.2. The Hall–Kier alpha value is -2.90. The van der Waals surface area contributed by atoms with Crippen molar-refractivity contribution in [3.63, 3.8) is 0 Å². The molecule has 0 bridgehead atoms. The van der Waals surface area contributed by atoms with Crippen LogP contribution in [0.5, 0.6) is 0 Å². The van der Waals surface area contributed by atoms with E-state index in [1.807, 2.05) is 41.3 Å². The van der Waals surface area contributed by atoms with Crippen LogP contribution >= 0.6 is 0 Å². The van der Waals surface area contributed by atoms with Crippen LogP contribution in [0.4, 0.5) is 11.4 Å². The zero-order chi connectivity index (χ0) is 22.8. The molecule has 0 radical (unpaired) electrons. The molecule has 7 heteroatoms. The van der Waals surface area contributed by atoms with Gasteiger partial charge >= 0.3 is 0 Å². The molecular formula is C26H32N4O3. The van der Waals surface area contributed by atoms with Crippen LogP contribution in [0, 0.1) is 5.92 Å². The van der Waals surface area contributed by atoms with Gasteiger partial charge in [0.15, 0.2) is 0 Å². The Morgan fingerprint density at radius 3 is 2.45 bits per heavy atom. The molecule has 0 spiro atoms. The van der Waals surface area contributed by atoms with E-state index in [1.54, 1.807) is 0 Å². The number of benzene rings is 2. The summed E-state index contributed by atoms with van der Waals surface area (Å²) in [6.45, 7) is 5.05. The monoisotopic (exact) mass is 448 g/mol. The molecule has 2 heterocycles. The third kappa shape index (κ3) is 4.89. The van der Waals surface area contributed by atoms with Crippen molar-refractivity contribution in [3.05, 3.63) is 59.7 Å². The van der Waals surface area contributed by atoms with Gasteiger partial charge in [-0.15, -0.1) is 0 Å². The Bertz CT molecular complexity index is 1000. The van der Waals surface area contributed by atoms with E-state index in [0.29, 0.717) is 25.3 Å². The number of nitrogens with zero attached hydrogens (tertiary/aromatic N) is 3. The third-order valence-corrected chi connectivity index (χ3v) is 6.82. The number of carbonyl (C=O) groups is 2. The molecule has 2 aliphatic heterocycles. The minimum atomic E-state index is 0.00392. The summed E-state index contributed by atoms with van der Waals surface area (Å²) in [5.41, 5.74) is 3.47. The smallest absolute Gasteiger partial charge is 0.256 e. The molecule has 1 N–H and O–H groups in total. The van der Waals surface area contributed by atoms with Crippen molar-refractivity contribution in [2.75, 3.05) is 63.2 Å². The van der Waals surface area contributed by atoms with Gasteiger partial charge in [-0.25, -0.2) is 0 Å². The van der Waals surface area contributed by atoms with E-state index in [4.69, 9.17) is 4.74 Å². The van der Waals surface area contributed by atoms with Crippen molar-refractivity contribution in [3.8, 4) is 0 Å². The first-order valence-electron chi connectivity index (χ1n) is 11.9. The fraction of sp³-hybridized carbons (Fsp3) is 0.462. The summed E-state index contributed by atoms with van der Waals surface area (Å²) in [4.78, 5) is 32.8. The van der Waals surface area contributed by atoms with E-state index >= 15 is 0 Å². The van der Waals surface area contributed by atoms with Gasteiger partial charge in [0.05, 0.1) is 30.5 Å². The highest BCUT2D eigenvalue weighted by atomic mass is 16.5. The maximum atomic E-state index is 14.0. The summed E-state index contributed by atoms with van der Waals surface area (Å²) in [5, 5.41) is 3.04. The van der Waals surface area contributed by atoms with E-state index in [-0.39, 0.29) is 23.8 Å². The fourth-order valence-electron chi connectivity index (χ4n) is 4.72. The molecule has 1 atom stereocenters. The molecule has 7 nitrogen and oxygen atoms in total. The van der Waals surface area contributed by atoms with Gasteiger partial charge in [-0.2, -0.15) is 0 Å². The molecule has 3 aliphatic rings. The topological polar surface area (TPSA) is 65.1 Å². The number of ether oxygens (including phenoxy) is 1. The number of hydrogen-bond acceptors (Lipinski definition) is 5. The lowest BCUT2D eigenvalue weighted by atomic mass is 10.00. The normalized spacial score (nSPS) is 21.7. The van der Waals surface area contributed by atoms with E-state index < -0.39 is 0 Å². The Balaban J connectivity index is 1.46. The molecule has 1 saturated carbocycles. The van der Waals surface area contributed by atoms with E-state index in [2.05, 4.69) is 34.3 Å². The highest BCUT2D eigenvalue weighted by molar-refractivity contribution is 6.02. The number of hydrogen-bond donors (Lipinski definition) is 1. The van der Waals surface area contributed by atoms with Crippen LogP contribution in [0.15, 0.2) is 48.5 Å². The van der Waals surface area contributed by atoms with Gasteiger partial charge in [0, 0.05) is 44.3 Å². The van der Waals surface area contributed by atoms with Crippen molar-refractivity contribution in [2.45, 2.75) is 18.9 Å². The first-order chi connectivity index (χ1) is 16.1. The lowest BCUT2D eigenvalue weighted by molar-refractivity contribution is -0.117. The predicted octanol–water partition coefficient (Wildman–Crippen LogP) is 3.00. The molecule has 2 aromatic rings. The second-order valence-electron chi connectivity index (χ2n) is 9.28. The minimum Gasteiger partial charge on any atom is -0.378 e. The Morgan fingerprint density at radius 1 is 0.970 bits per heavy atom. The van der Waals surface area contributed by atoms with Crippen LogP contribution in [0.25, 0.3) is 0 Å². The summed E-state index contributed by atoms with van der Waals surface area (Å²) < 4.78 is 5.55. The lowest BCUT2D eigenvalue weighted by Crippen LogP contribution is -2.49. The van der Waals surface area contributed by atoms with Crippen molar-refractivity contribution < 1.29 is 14.3 Å². The molecule has 3 fully saturated rings. The second-order valence-corrected chi connectivity index (χ2v) is 9.28. The number of carbonyl (C=O) groups excluding carboxylic acids is 2. The average molecular weight is 449 g/mol. The van der Waals surface area contributed by atoms with Gasteiger partial charge in [-0.1, -0.05) is 30.3 Å². The van der Waals surface area contributed by atoms with Crippen LogP contribution < -0.4 is 10.2 Å². The average Bonchev–Trinajstić information content (AvgIpc) is 3.70. The van der Waals surface area contributed by atoms with Gasteiger partial charge in [-0.05, 0) is 43.7 Å². The van der Waals surface area contributed by atoms with Gasteiger partial charge < -0.3 is 24.8 Å². The van der Waals surface area contributed by atoms with Crippen LogP contribution in [-0.4, -0.2) is 74.6 Å². The van der Waals surface area contributed by atoms with Crippen LogP contribution in [-0.2, 0) is 9.53 Å². The number of rotatable bonds is 5. The summed E-state index contributed by atoms with van der Waals surface area (Å²) in [5.74, 6) is 0.249. The molecule has 2 aromatic carbocycles. The standard InChI is InChI=1S/C26H32N4O3/c1-28-11-12-30(24(18-28)19-5-3-2-4-6-19)26(32)22-10-9-21(27-25(31)20-7-8-20)17-23(22)29-13-15-33-16-14-29/h2-6,9-10,17,20,24H,7-8,11-16,18H2,1H3,(H,27,31). The highest BCUT2D eigenvalue weighted by Gasteiger charge is 2.33. The van der Waals surface area contributed by atoms with Gasteiger partial charge in [0.2, 0.25) is 5.91 Å². The van der Waals surface area contributed by atoms with Gasteiger partial charge in [0.25, 0.3) is 5.91 Å². The first-order valence-corrected chi connectivity index (χ1v) is 11.9. The number of amides is 2. The molecule has 33 heavy (non-hydrogen) atoms. The largest absolute Gasteiger partial charge is 0.378 e. The Kier molecular flexibility index (Phi) is 6.33. The molecule has 0 aromatic heterocycles. The van der Waals surface area contributed by atoms with Crippen molar-refractivity contribution in [1.82, 2.24) is 9.80 Å². The highest BCUT2D eigenvalue weighted by Crippen LogP contribution is 2.34. The maximum Gasteiger partial charge on any atom is 0.256 e. The van der Waals surface area contributed by atoms with Crippen LogP contribution in [0.2, 0.25) is 0 Å². The minimum absolute atomic E-state index is 0.00392. The summed E-state index contributed by atoms with van der Waals surface area (Å²) >= 11 is 0. The molecule has 2 saturated heterocycles. The SMILES string of the molecule is CN1CCN(C(=O)c2ccc(NC(=O)C3CC3)cc2N2CCOCC2)C(c2ccccc2)C1. The Labute approximate surface area is 195 Å². The predicted molar refractivity (Wildman–Crippen MR) is 129 cm³/mol. The van der Waals surface area contributed by atoms with Crippen LogP contribution in [0.3, 0.4) is 0 Å². The van der Waals surface area contributed by atoms with Gasteiger partial charge in [0.1, 0.15) is 0 Å². The van der Waals surface area contributed by atoms with Crippen molar-refractivity contribution >= 4 is 23.2 Å².